The van der Waals surface area contributed by atoms with E-state index in [1.807, 2.05) is 30.5 Å². The molecule has 0 spiro atoms. The lowest BCUT2D eigenvalue weighted by atomic mass is 10.1. The molecule has 0 amide bonds. The third-order valence-electron chi connectivity index (χ3n) is 5.10. The summed E-state index contributed by atoms with van der Waals surface area (Å²) in [5, 5.41) is 1.95. The van der Waals surface area contributed by atoms with Crippen LogP contribution in [0.25, 0.3) is 10.9 Å². The number of nitrogens with zero attached hydrogens (tertiary/aromatic N) is 4. The van der Waals surface area contributed by atoms with E-state index in [-0.39, 0.29) is 0 Å². The van der Waals surface area contributed by atoms with Gasteiger partial charge >= 0.3 is 0 Å². The van der Waals surface area contributed by atoms with Crippen LogP contribution in [0.15, 0.2) is 48.7 Å². The van der Waals surface area contributed by atoms with Crippen LogP contribution in [0.5, 0.6) is 0 Å². The molecule has 0 saturated carbocycles. The zero-order valence-corrected chi connectivity index (χ0v) is 15.8. The summed E-state index contributed by atoms with van der Waals surface area (Å²) in [6, 6.07) is 14.3. The molecule has 1 aliphatic heterocycles. The number of benzene rings is 1. The summed E-state index contributed by atoms with van der Waals surface area (Å²) >= 11 is 6.62. The first-order valence-corrected chi connectivity index (χ1v) is 9.47. The normalized spacial score (nSPS) is 16.2. The molecule has 0 radical (unpaired) electrons. The quantitative estimate of drug-likeness (QED) is 0.700. The average molecular weight is 367 g/mol. The van der Waals surface area contributed by atoms with Gasteiger partial charge in [-0.2, -0.15) is 0 Å². The highest BCUT2D eigenvalue weighted by Gasteiger charge is 2.20. The maximum absolute atomic E-state index is 6.62. The van der Waals surface area contributed by atoms with Gasteiger partial charge in [0, 0.05) is 50.9 Å². The van der Waals surface area contributed by atoms with E-state index in [4.69, 9.17) is 16.6 Å². The number of para-hydroxylation sites is 1. The van der Waals surface area contributed by atoms with Crippen LogP contribution in [-0.2, 0) is 13.1 Å². The zero-order valence-electron chi connectivity index (χ0n) is 15.0. The first-order valence-electron chi connectivity index (χ1n) is 9.09. The highest BCUT2D eigenvalue weighted by Crippen LogP contribution is 2.27. The number of aromatic nitrogens is 2. The van der Waals surface area contributed by atoms with Crippen molar-refractivity contribution in [2.24, 2.45) is 0 Å². The minimum atomic E-state index is 0.805. The van der Waals surface area contributed by atoms with Crippen LogP contribution in [0.2, 0.25) is 5.02 Å². The second-order valence-corrected chi connectivity index (χ2v) is 7.27. The minimum Gasteiger partial charge on any atom is -0.295 e. The Hall–Kier alpha value is -2.01. The standard InChI is InChI=1S/C21H23ClN4/c1-16-18-7-2-3-8-19(18)24-20(21(16)22)15-26-12-10-25(11-13-26)14-17-6-4-5-9-23-17/h2-9H,10-15H2,1H3. The molecule has 4 rings (SSSR count). The predicted octanol–water partition coefficient (Wildman–Crippen LogP) is 3.91. The molecule has 0 bridgehead atoms. The fourth-order valence-electron chi connectivity index (χ4n) is 3.56. The van der Waals surface area contributed by atoms with Gasteiger partial charge in [0.15, 0.2) is 0 Å². The Morgan fingerprint density at radius 3 is 2.35 bits per heavy atom. The molecule has 0 N–H and O–H groups in total. The van der Waals surface area contributed by atoms with Crippen LogP contribution in [0.1, 0.15) is 17.0 Å². The highest BCUT2D eigenvalue weighted by atomic mass is 35.5. The molecule has 1 aromatic carbocycles. The third-order valence-corrected chi connectivity index (χ3v) is 5.60. The lowest BCUT2D eigenvalue weighted by Crippen LogP contribution is -2.45. The molecular formula is C21H23ClN4. The topological polar surface area (TPSA) is 32.3 Å². The van der Waals surface area contributed by atoms with Gasteiger partial charge in [-0.25, -0.2) is 4.98 Å². The third kappa shape index (κ3) is 3.73. The summed E-state index contributed by atoms with van der Waals surface area (Å²) < 4.78 is 0. The Morgan fingerprint density at radius 2 is 1.62 bits per heavy atom. The van der Waals surface area contributed by atoms with Crippen molar-refractivity contribution < 1.29 is 0 Å². The van der Waals surface area contributed by atoms with Crippen molar-refractivity contribution in [3.05, 3.63) is 70.6 Å². The Morgan fingerprint density at radius 1 is 0.923 bits per heavy atom. The molecule has 4 nitrogen and oxygen atoms in total. The molecule has 5 heteroatoms. The van der Waals surface area contributed by atoms with Gasteiger partial charge in [0.05, 0.1) is 21.9 Å². The largest absolute Gasteiger partial charge is 0.295 e. The predicted molar refractivity (Wildman–Crippen MR) is 106 cm³/mol. The number of halogens is 1. The molecule has 134 valence electrons. The minimum absolute atomic E-state index is 0.805. The Balaban J connectivity index is 1.41. The molecule has 26 heavy (non-hydrogen) atoms. The van der Waals surface area contributed by atoms with Crippen LogP contribution in [0.4, 0.5) is 0 Å². The average Bonchev–Trinajstić information content (AvgIpc) is 2.68. The van der Waals surface area contributed by atoms with Crippen LogP contribution in [0.3, 0.4) is 0 Å². The molecule has 1 saturated heterocycles. The number of aryl methyl sites for hydroxylation is 1. The lowest BCUT2D eigenvalue weighted by molar-refractivity contribution is 0.120. The first kappa shape index (κ1) is 17.4. The van der Waals surface area contributed by atoms with Gasteiger partial charge in [0.25, 0.3) is 0 Å². The van der Waals surface area contributed by atoms with Gasteiger partial charge in [-0.15, -0.1) is 0 Å². The van der Waals surface area contributed by atoms with E-state index in [9.17, 15) is 0 Å². The van der Waals surface area contributed by atoms with Crippen molar-refractivity contribution in [2.75, 3.05) is 26.2 Å². The van der Waals surface area contributed by atoms with E-state index in [2.05, 4.69) is 39.9 Å². The number of rotatable bonds is 4. The number of pyridine rings is 2. The first-order chi connectivity index (χ1) is 12.7. The molecule has 1 aliphatic rings. The molecule has 3 aromatic rings. The van der Waals surface area contributed by atoms with Crippen molar-refractivity contribution >= 4 is 22.5 Å². The van der Waals surface area contributed by atoms with Gasteiger partial charge in [0.1, 0.15) is 0 Å². The van der Waals surface area contributed by atoms with Gasteiger partial charge in [-0.05, 0) is 30.7 Å². The fourth-order valence-corrected chi connectivity index (χ4v) is 3.76. The maximum Gasteiger partial charge on any atom is 0.0740 e. The Labute approximate surface area is 159 Å². The van der Waals surface area contributed by atoms with E-state index in [0.717, 1.165) is 72.1 Å². The van der Waals surface area contributed by atoms with Crippen molar-refractivity contribution in [2.45, 2.75) is 20.0 Å². The molecular weight excluding hydrogens is 344 g/mol. The smallest absolute Gasteiger partial charge is 0.0740 e. The summed E-state index contributed by atoms with van der Waals surface area (Å²) in [4.78, 5) is 14.1. The molecule has 0 aliphatic carbocycles. The highest BCUT2D eigenvalue weighted by molar-refractivity contribution is 6.32. The summed E-state index contributed by atoms with van der Waals surface area (Å²) in [6.45, 7) is 7.94. The van der Waals surface area contributed by atoms with E-state index in [0.29, 0.717) is 0 Å². The van der Waals surface area contributed by atoms with E-state index in [1.165, 1.54) is 0 Å². The van der Waals surface area contributed by atoms with Crippen molar-refractivity contribution in [3.63, 3.8) is 0 Å². The Bertz CT molecular complexity index is 889. The molecule has 3 heterocycles. The molecule has 0 atom stereocenters. The number of hydrogen-bond donors (Lipinski definition) is 0. The fraction of sp³-hybridized carbons (Fsp3) is 0.333. The van der Waals surface area contributed by atoms with Gasteiger partial charge in [0.2, 0.25) is 0 Å². The summed E-state index contributed by atoms with van der Waals surface area (Å²) in [6.07, 6.45) is 1.86. The lowest BCUT2D eigenvalue weighted by Gasteiger charge is -2.34. The summed E-state index contributed by atoms with van der Waals surface area (Å²) in [7, 11) is 0. The van der Waals surface area contributed by atoms with Gasteiger partial charge in [-0.3, -0.25) is 14.8 Å². The number of fused-ring (bicyclic) bond motifs is 1. The van der Waals surface area contributed by atoms with Crippen molar-refractivity contribution in [1.82, 2.24) is 19.8 Å². The molecule has 2 aromatic heterocycles. The maximum atomic E-state index is 6.62. The van der Waals surface area contributed by atoms with Gasteiger partial charge in [-0.1, -0.05) is 35.9 Å². The SMILES string of the molecule is Cc1c(Cl)c(CN2CCN(Cc3ccccn3)CC2)nc2ccccc12. The zero-order chi connectivity index (χ0) is 17.9. The van der Waals surface area contributed by atoms with E-state index < -0.39 is 0 Å². The second-order valence-electron chi connectivity index (χ2n) is 6.89. The molecule has 1 fully saturated rings. The van der Waals surface area contributed by atoms with Crippen molar-refractivity contribution in [3.8, 4) is 0 Å². The van der Waals surface area contributed by atoms with Crippen LogP contribution >= 0.6 is 11.6 Å². The second kappa shape index (κ2) is 7.70. The Kier molecular flexibility index (Phi) is 5.16. The van der Waals surface area contributed by atoms with Crippen molar-refractivity contribution in [1.29, 1.82) is 0 Å². The van der Waals surface area contributed by atoms with Crippen LogP contribution in [-0.4, -0.2) is 45.9 Å². The van der Waals surface area contributed by atoms with Gasteiger partial charge < -0.3 is 0 Å². The summed E-state index contributed by atoms with van der Waals surface area (Å²) in [5.41, 5.74) is 4.27. The number of hydrogen-bond acceptors (Lipinski definition) is 4. The summed E-state index contributed by atoms with van der Waals surface area (Å²) in [5.74, 6) is 0. The van der Waals surface area contributed by atoms with Crippen LogP contribution < -0.4 is 0 Å². The monoisotopic (exact) mass is 366 g/mol. The van der Waals surface area contributed by atoms with E-state index >= 15 is 0 Å². The number of piperazine rings is 1. The van der Waals surface area contributed by atoms with E-state index in [1.54, 1.807) is 0 Å². The van der Waals surface area contributed by atoms with Crippen LogP contribution in [0, 0.1) is 6.92 Å². The molecule has 0 unspecified atom stereocenters.